The van der Waals surface area contributed by atoms with Crippen molar-refractivity contribution in [3.63, 3.8) is 0 Å². The summed E-state index contributed by atoms with van der Waals surface area (Å²) in [6.07, 6.45) is 6.17. The van der Waals surface area contributed by atoms with Crippen molar-refractivity contribution in [2.45, 2.75) is 57.1 Å². The summed E-state index contributed by atoms with van der Waals surface area (Å²) < 4.78 is 5.35. The molecule has 1 aliphatic heterocycles. The van der Waals surface area contributed by atoms with Gasteiger partial charge in [-0.3, -0.25) is 9.59 Å². The van der Waals surface area contributed by atoms with Gasteiger partial charge in [-0.1, -0.05) is 45.1 Å². The summed E-state index contributed by atoms with van der Waals surface area (Å²) in [6, 6.07) is 7.08. The predicted molar refractivity (Wildman–Crippen MR) is 111 cm³/mol. The van der Waals surface area contributed by atoms with Crippen LogP contribution in [0.25, 0.3) is 0 Å². The number of anilines is 1. The van der Waals surface area contributed by atoms with Crippen LogP contribution in [0.15, 0.2) is 41.3 Å². The lowest BCUT2D eigenvalue weighted by atomic mass is 9.95. The van der Waals surface area contributed by atoms with Gasteiger partial charge >= 0.3 is 0 Å². The first-order chi connectivity index (χ1) is 12.8. The number of nitrogens with one attached hydrogen (secondary N) is 2. The molecule has 0 saturated heterocycles. The highest BCUT2D eigenvalue weighted by atomic mass is 32.2. The van der Waals surface area contributed by atoms with E-state index in [-0.39, 0.29) is 17.2 Å². The Balaban J connectivity index is 1.85. The van der Waals surface area contributed by atoms with E-state index in [0.717, 1.165) is 23.4 Å². The van der Waals surface area contributed by atoms with Gasteiger partial charge in [-0.25, -0.2) is 0 Å². The van der Waals surface area contributed by atoms with E-state index in [1.807, 2.05) is 24.3 Å². The topological polar surface area (TPSA) is 67.4 Å². The monoisotopic (exact) mass is 390 g/mol. The zero-order valence-electron chi connectivity index (χ0n) is 16.6. The molecule has 0 bridgehead atoms. The molecule has 27 heavy (non-hydrogen) atoms. The number of carbonyl (C=O) groups excluding carboxylic acids is 2. The number of ether oxygens (including phenoxy) is 1. The van der Waals surface area contributed by atoms with Gasteiger partial charge < -0.3 is 15.4 Å². The average Bonchev–Trinajstić information content (AvgIpc) is 2.76. The number of allylic oxidation sites excluding steroid dienone is 2. The van der Waals surface area contributed by atoms with Gasteiger partial charge in [0.05, 0.1) is 5.69 Å². The highest BCUT2D eigenvalue weighted by Gasteiger charge is 2.28. The van der Waals surface area contributed by atoms with Gasteiger partial charge in [-0.15, -0.1) is 11.8 Å². The number of benzene rings is 1. The molecular weight excluding hydrogens is 360 g/mol. The minimum absolute atomic E-state index is 0.167. The minimum atomic E-state index is -0.576. The Morgan fingerprint density at radius 1 is 1.41 bits per heavy atom. The van der Waals surface area contributed by atoms with Crippen LogP contribution in [0.1, 0.15) is 40.0 Å². The van der Waals surface area contributed by atoms with Crippen molar-refractivity contribution in [1.82, 2.24) is 5.32 Å². The standard InChI is InChI=1S/C21H30N2O3S/c1-21(2,3)13-9-5-6-11-17(26-4)20(25)23-16-14-27-18-12-8-7-10-15(18)22-19(16)24/h7-10,12-13,16-17H,5-6,11,14H2,1-4H3,(H,22,24)(H,23,25)/b13-9+. The molecule has 0 fully saturated rings. The molecule has 6 heteroatoms. The van der Waals surface area contributed by atoms with E-state index in [1.54, 1.807) is 11.8 Å². The normalized spacial score (nSPS) is 18.5. The van der Waals surface area contributed by atoms with Gasteiger partial charge in [0.15, 0.2) is 0 Å². The molecular formula is C21H30N2O3S. The van der Waals surface area contributed by atoms with Crippen LogP contribution >= 0.6 is 11.8 Å². The van der Waals surface area contributed by atoms with Crippen molar-refractivity contribution in [2.75, 3.05) is 18.2 Å². The summed E-state index contributed by atoms with van der Waals surface area (Å²) in [5.74, 6) is 0.0760. The maximum atomic E-state index is 12.6. The molecule has 1 heterocycles. The first-order valence-corrected chi connectivity index (χ1v) is 10.3. The Kier molecular flexibility index (Phi) is 7.92. The van der Waals surface area contributed by atoms with Gasteiger partial charge in [0.25, 0.3) is 0 Å². The lowest BCUT2D eigenvalue weighted by molar-refractivity contribution is -0.134. The Hall–Kier alpha value is -1.79. The lowest BCUT2D eigenvalue weighted by Gasteiger charge is -2.19. The van der Waals surface area contributed by atoms with E-state index in [9.17, 15) is 9.59 Å². The number of rotatable bonds is 7. The second-order valence-corrected chi connectivity index (χ2v) is 8.84. The van der Waals surface area contributed by atoms with E-state index in [0.29, 0.717) is 12.2 Å². The van der Waals surface area contributed by atoms with Crippen molar-refractivity contribution in [3.8, 4) is 0 Å². The third-order valence-electron chi connectivity index (χ3n) is 4.22. The van der Waals surface area contributed by atoms with Crippen molar-refractivity contribution in [1.29, 1.82) is 0 Å². The SMILES string of the molecule is COC(CCC/C=C/C(C)(C)C)C(=O)NC1CSc2ccccc2NC1=O. The van der Waals surface area contributed by atoms with Crippen LogP contribution in [0.2, 0.25) is 0 Å². The fourth-order valence-electron chi connectivity index (χ4n) is 2.75. The minimum Gasteiger partial charge on any atom is -0.372 e. The molecule has 2 rings (SSSR count). The molecule has 148 valence electrons. The highest BCUT2D eigenvalue weighted by Crippen LogP contribution is 2.30. The van der Waals surface area contributed by atoms with Crippen LogP contribution in [0.3, 0.4) is 0 Å². The maximum Gasteiger partial charge on any atom is 0.249 e. The van der Waals surface area contributed by atoms with Gasteiger partial charge in [-0.05, 0) is 36.8 Å². The molecule has 2 amide bonds. The second kappa shape index (κ2) is 9.95. The van der Waals surface area contributed by atoms with E-state index in [1.165, 1.54) is 7.11 Å². The molecule has 1 aromatic rings. The van der Waals surface area contributed by atoms with Gasteiger partial charge in [0.1, 0.15) is 12.1 Å². The molecule has 5 nitrogen and oxygen atoms in total. The number of hydrogen-bond donors (Lipinski definition) is 2. The molecule has 0 radical (unpaired) electrons. The number of carbonyl (C=O) groups is 2. The quantitative estimate of drug-likeness (QED) is 0.545. The van der Waals surface area contributed by atoms with E-state index in [4.69, 9.17) is 4.74 Å². The number of unbranched alkanes of at least 4 members (excludes halogenated alkanes) is 1. The molecule has 1 aromatic carbocycles. The number of amides is 2. The van der Waals surface area contributed by atoms with Gasteiger partial charge in [0.2, 0.25) is 11.8 Å². The molecule has 2 atom stereocenters. The summed E-state index contributed by atoms with van der Waals surface area (Å²) in [7, 11) is 1.53. The Morgan fingerprint density at radius 2 is 2.15 bits per heavy atom. The van der Waals surface area contributed by atoms with Gasteiger partial charge in [0, 0.05) is 17.8 Å². The molecule has 2 N–H and O–H groups in total. The van der Waals surface area contributed by atoms with Crippen molar-refractivity contribution < 1.29 is 14.3 Å². The average molecular weight is 391 g/mol. The van der Waals surface area contributed by atoms with Crippen LogP contribution in [0, 0.1) is 5.41 Å². The molecule has 0 aliphatic carbocycles. The third-order valence-corrected chi connectivity index (χ3v) is 5.38. The van der Waals surface area contributed by atoms with Crippen LogP contribution in [0.5, 0.6) is 0 Å². The maximum absolute atomic E-state index is 12.6. The first kappa shape index (κ1) is 21.5. The van der Waals surface area contributed by atoms with Crippen LogP contribution in [-0.2, 0) is 14.3 Å². The second-order valence-electron chi connectivity index (χ2n) is 7.78. The molecule has 0 saturated carbocycles. The number of para-hydroxylation sites is 1. The molecule has 1 aliphatic rings. The highest BCUT2D eigenvalue weighted by molar-refractivity contribution is 7.99. The zero-order chi connectivity index (χ0) is 19.9. The Labute approximate surface area is 166 Å². The summed E-state index contributed by atoms with van der Waals surface area (Å²) >= 11 is 1.56. The number of fused-ring (bicyclic) bond motifs is 1. The molecule has 2 unspecified atom stereocenters. The van der Waals surface area contributed by atoms with Crippen molar-refractivity contribution >= 4 is 29.3 Å². The lowest BCUT2D eigenvalue weighted by Crippen LogP contribution is -2.48. The van der Waals surface area contributed by atoms with Crippen LogP contribution in [0.4, 0.5) is 5.69 Å². The summed E-state index contributed by atoms with van der Waals surface area (Å²) in [6.45, 7) is 6.47. The Morgan fingerprint density at radius 3 is 2.85 bits per heavy atom. The number of methoxy groups -OCH3 is 1. The first-order valence-electron chi connectivity index (χ1n) is 9.34. The predicted octanol–water partition coefficient (Wildman–Crippen LogP) is 4.00. The summed E-state index contributed by atoms with van der Waals surface area (Å²) in [4.78, 5) is 26.0. The number of thioether (sulfide) groups is 1. The summed E-state index contributed by atoms with van der Waals surface area (Å²) in [5, 5.41) is 5.73. The Bertz CT molecular complexity index is 682. The smallest absolute Gasteiger partial charge is 0.249 e. The third kappa shape index (κ3) is 7.03. The van der Waals surface area contributed by atoms with E-state index in [2.05, 4.69) is 43.6 Å². The van der Waals surface area contributed by atoms with E-state index < -0.39 is 12.1 Å². The fraction of sp³-hybridized carbons (Fsp3) is 0.524. The molecule has 0 aromatic heterocycles. The van der Waals surface area contributed by atoms with Crippen LogP contribution in [-0.4, -0.2) is 36.8 Å². The molecule has 0 spiro atoms. The van der Waals surface area contributed by atoms with Crippen molar-refractivity contribution in [2.24, 2.45) is 5.41 Å². The fourth-order valence-corrected chi connectivity index (χ4v) is 3.78. The van der Waals surface area contributed by atoms with Gasteiger partial charge in [-0.2, -0.15) is 0 Å². The zero-order valence-corrected chi connectivity index (χ0v) is 17.4. The van der Waals surface area contributed by atoms with Crippen LogP contribution < -0.4 is 10.6 Å². The number of hydrogen-bond acceptors (Lipinski definition) is 4. The summed E-state index contributed by atoms with van der Waals surface area (Å²) in [5.41, 5.74) is 0.957. The van der Waals surface area contributed by atoms with Crippen molar-refractivity contribution in [3.05, 3.63) is 36.4 Å². The largest absolute Gasteiger partial charge is 0.372 e. The van der Waals surface area contributed by atoms with E-state index >= 15 is 0 Å².